The summed E-state index contributed by atoms with van der Waals surface area (Å²) in [5.74, 6) is 0.0863. The second-order valence-corrected chi connectivity index (χ2v) is 3.79. The van der Waals surface area contributed by atoms with Crippen molar-refractivity contribution in [3.05, 3.63) is 18.3 Å². The summed E-state index contributed by atoms with van der Waals surface area (Å²) in [4.78, 5) is 14.8. The van der Waals surface area contributed by atoms with Crippen LogP contribution in [0.5, 0.6) is 11.6 Å². The summed E-state index contributed by atoms with van der Waals surface area (Å²) in [7, 11) is 1.54. The lowest BCUT2D eigenvalue weighted by Crippen LogP contribution is -2.30. The minimum absolute atomic E-state index is 0.195. The molecule has 17 heavy (non-hydrogen) atoms. The molecule has 6 heteroatoms. The van der Waals surface area contributed by atoms with E-state index in [0.717, 1.165) is 0 Å². The number of rotatable bonds is 4. The van der Waals surface area contributed by atoms with E-state index in [0.29, 0.717) is 24.6 Å². The Morgan fingerprint density at radius 3 is 3.12 bits per heavy atom. The van der Waals surface area contributed by atoms with Gasteiger partial charge in [0.15, 0.2) is 5.75 Å². The van der Waals surface area contributed by atoms with Gasteiger partial charge < -0.3 is 19.9 Å². The van der Waals surface area contributed by atoms with Crippen molar-refractivity contribution in [3.63, 3.8) is 0 Å². The fourth-order valence-corrected chi connectivity index (χ4v) is 1.76. The summed E-state index contributed by atoms with van der Waals surface area (Å²) in [6.45, 7) is 0.497. The third-order valence-corrected chi connectivity index (χ3v) is 2.62. The van der Waals surface area contributed by atoms with Crippen LogP contribution in [0.25, 0.3) is 0 Å². The fourth-order valence-electron chi connectivity index (χ4n) is 1.76. The molecule has 0 bridgehead atoms. The molecule has 2 heterocycles. The van der Waals surface area contributed by atoms with E-state index in [9.17, 15) is 4.79 Å². The van der Waals surface area contributed by atoms with Crippen molar-refractivity contribution in [2.45, 2.75) is 18.6 Å². The summed E-state index contributed by atoms with van der Waals surface area (Å²) in [6, 6.07) is 2.95. The minimum atomic E-state index is -0.857. The lowest BCUT2D eigenvalue weighted by molar-refractivity contribution is -0.139. The summed E-state index contributed by atoms with van der Waals surface area (Å²) in [5.41, 5.74) is 0. The molecule has 92 valence electrons. The van der Waals surface area contributed by atoms with Gasteiger partial charge in [-0.25, -0.2) is 4.98 Å². The maximum Gasteiger partial charge on any atom is 0.320 e. The van der Waals surface area contributed by atoms with Crippen LogP contribution >= 0.6 is 0 Å². The standard InChI is InChI=1S/C11H14N2O4/c1-16-9-3-2-4-12-10(9)17-7-5-8(11(14)15)13-6-7/h2-4,7-8,13H,5-6H2,1H3,(H,14,15). The average molecular weight is 238 g/mol. The van der Waals surface area contributed by atoms with Crippen LogP contribution in [0, 0.1) is 0 Å². The van der Waals surface area contributed by atoms with E-state index in [-0.39, 0.29) is 6.10 Å². The molecule has 1 saturated heterocycles. The van der Waals surface area contributed by atoms with E-state index < -0.39 is 12.0 Å². The highest BCUT2D eigenvalue weighted by molar-refractivity contribution is 5.73. The molecule has 1 aliphatic rings. The van der Waals surface area contributed by atoms with E-state index >= 15 is 0 Å². The number of carboxylic acid groups (broad SMARTS) is 1. The number of nitrogens with one attached hydrogen (secondary N) is 1. The Balaban J connectivity index is 2.00. The maximum absolute atomic E-state index is 10.8. The SMILES string of the molecule is COc1cccnc1OC1CNC(C(=O)O)C1. The Morgan fingerprint density at radius 1 is 1.65 bits per heavy atom. The number of methoxy groups -OCH3 is 1. The molecule has 2 N–H and O–H groups in total. The van der Waals surface area contributed by atoms with Crippen LogP contribution in [0.1, 0.15) is 6.42 Å². The zero-order chi connectivity index (χ0) is 12.3. The zero-order valence-electron chi connectivity index (χ0n) is 9.42. The van der Waals surface area contributed by atoms with Crippen LogP contribution in [-0.4, -0.2) is 41.9 Å². The molecule has 1 aromatic heterocycles. The Labute approximate surface area is 98.6 Å². The van der Waals surface area contributed by atoms with Gasteiger partial charge in [0, 0.05) is 19.2 Å². The number of hydrogen-bond acceptors (Lipinski definition) is 5. The maximum atomic E-state index is 10.8. The number of aromatic nitrogens is 1. The molecule has 0 aliphatic carbocycles. The number of aliphatic carboxylic acids is 1. The smallest absolute Gasteiger partial charge is 0.320 e. The molecule has 1 aromatic rings. The first-order valence-corrected chi connectivity index (χ1v) is 5.32. The Kier molecular flexibility index (Phi) is 3.43. The van der Waals surface area contributed by atoms with Gasteiger partial charge in [0.2, 0.25) is 0 Å². The van der Waals surface area contributed by atoms with E-state index in [1.807, 2.05) is 0 Å². The number of ether oxygens (including phenoxy) is 2. The first-order valence-electron chi connectivity index (χ1n) is 5.32. The zero-order valence-corrected chi connectivity index (χ0v) is 9.42. The second kappa shape index (κ2) is 5.01. The van der Waals surface area contributed by atoms with Crippen LogP contribution in [0.15, 0.2) is 18.3 Å². The largest absolute Gasteiger partial charge is 0.491 e. The highest BCUT2D eigenvalue weighted by Gasteiger charge is 2.31. The highest BCUT2D eigenvalue weighted by Crippen LogP contribution is 2.25. The third-order valence-electron chi connectivity index (χ3n) is 2.62. The van der Waals surface area contributed by atoms with Crippen molar-refractivity contribution >= 4 is 5.97 Å². The quantitative estimate of drug-likeness (QED) is 0.784. The lowest BCUT2D eigenvalue weighted by atomic mass is 10.2. The Hall–Kier alpha value is -1.82. The number of nitrogens with zero attached hydrogens (tertiary/aromatic N) is 1. The van der Waals surface area contributed by atoms with E-state index in [2.05, 4.69) is 10.3 Å². The number of pyridine rings is 1. The normalized spacial score (nSPS) is 23.4. The second-order valence-electron chi connectivity index (χ2n) is 3.79. The molecule has 0 aromatic carbocycles. The van der Waals surface area contributed by atoms with Gasteiger partial charge in [0.05, 0.1) is 7.11 Å². The molecule has 0 radical (unpaired) electrons. The Bertz CT molecular complexity index is 410. The van der Waals surface area contributed by atoms with Crippen LogP contribution in [-0.2, 0) is 4.79 Å². The lowest BCUT2D eigenvalue weighted by Gasteiger charge is -2.13. The van der Waals surface area contributed by atoms with Gasteiger partial charge in [0.25, 0.3) is 5.88 Å². The third kappa shape index (κ3) is 2.65. The van der Waals surface area contributed by atoms with Gasteiger partial charge in [-0.3, -0.25) is 4.79 Å². The average Bonchev–Trinajstić information content (AvgIpc) is 2.78. The molecule has 1 fully saturated rings. The van der Waals surface area contributed by atoms with Gasteiger partial charge >= 0.3 is 5.97 Å². The summed E-state index contributed by atoms with van der Waals surface area (Å²) < 4.78 is 10.7. The summed E-state index contributed by atoms with van der Waals surface area (Å²) >= 11 is 0. The molecule has 6 nitrogen and oxygen atoms in total. The van der Waals surface area contributed by atoms with Gasteiger partial charge in [0.1, 0.15) is 12.1 Å². The first kappa shape index (κ1) is 11.7. The van der Waals surface area contributed by atoms with Crippen LogP contribution in [0.4, 0.5) is 0 Å². The predicted molar refractivity (Wildman–Crippen MR) is 59.2 cm³/mol. The minimum Gasteiger partial charge on any atom is -0.491 e. The van der Waals surface area contributed by atoms with Gasteiger partial charge in [-0.1, -0.05) is 0 Å². The molecule has 1 aliphatic heterocycles. The molecular formula is C11H14N2O4. The molecule has 2 atom stereocenters. The van der Waals surface area contributed by atoms with E-state index in [1.54, 1.807) is 18.3 Å². The highest BCUT2D eigenvalue weighted by atomic mass is 16.5. The fraction of sp³-hybridized carbons (Fsp3) is 0.455. The van der Waals surface area contributed by atoms with E-state index in [4.69, 9.17) is 14.6 Å². The monoisotopic (exact) mass is 238 g/mol. The Morgan fingerprint density at radius 2 is 2.47 bits per heavy atom. The van der Waals surface area contributed by atoms with Crippen molar-refractivity contribution in [3.8, 4) is 11.6 Å². The molecule has 2 unspecified atom stereocenters. The van der Waals surface area contributed by atoms with Crippen LogP contribution in [0.2, 0.25) is 0 Å². The van der Waals surface area contributed by atoms with Crippen LogP contribution in [0.3, 0.4) is 0 Å². The van der Waals surface area contributed by atoms with Crippen molar-refractivity contribution < 1.29 is 19.4 Å². The van der Waals surface area contributed by atoms with Gasteiger partial charge in [-0.2, -0.15) is 0 Å². The first-order chi connectivity index (χ1) is 8.20. The summed E-state index contributed by atoms with van der Waals surface area (Å²) in [6.07, 6.45) is 1.84. The van der Waals surface area contributed by atoms with Crippen molar-refractivity contribution in [1.82, 2.24) is 10.3 Å². The van der Waals surface area contributed by atoms with E-state index in [1.165, 1.54) is 7.11 Å². The molecule has 0 saturated carbocycles. The molecule has 0 spiro atoms. The van der Waals surface area contributed by atoms with Crippen molar-refractivity contribution in [2.24, 2.45) is 0 Å². The molecule has 0 amide bonds. The topological polar surface area (TPSA) is 80.7 Å². The van der Waals surface area contributed by atoms with Crippen molar-refractivity contribution in [1.29, 1.82) is 0 Å². The number of hydrogen-bond donors (Lipinski definition) is 2. The number of carboxylic acids is 1. The van der Waals surface area contributed by atoms with Gasteiger partial charge in [-0.05, 0) is 12.1 Å². The molecule has 2 rings (SSSR count). The molecular weight excluding hydrogens is 224 g/mol. The summed E-state index contributed by atoms with van der Waals surface area (Å²) in [5, 5.41) is 11.7. The van der Waals surface area contributed by atoms with Crippen LogP contribution < -0.4 is 14.8 Å². The predicted octanol–water partition coefficient (Wildman–Crippen LogP) is 0.284. The van der Waals surface area contributed by atoms with Gasteiger partial charge in [-0.15, -0.1) is 0 Å². The number of carbonyl (C=O) groups is 1. The van der Waals surface area contributed by atoms with Crippen molar-refractivity contribution in [2.75, 3.05) is 13.7 Å².